The van der Waals surface area contributed by atoms with Crippen LogP contribution in [-0.2, 0) is 9.59 Å². The third-order valence-corrected chi connectivity index (χ3v) is 2.27. The first-order valence-corrected chi connectivity index (χ1v) is 4.79. The molecular formula is C9H14F2N2O2. The molecule has 15 heavy (non-hydrogen) atoms. The lowest BCUT2D eigenvalue weighted by molar-refractivity contribution is -0.147. The predicted molar refractivity (Wildman–Crippen MR) is 49.4 cm³/mol. The Kier molecular flexibility index (Phi) is 3.60. The van der Waals surface area contributed by atoms with Gasteiger partial charge < -0.3 is 10.2 Å². The molecule has 1 N–H and O–H groups in total. The van der Waals surface area contributed by atoms with E-state index >= 15 is 0 Å². The van der Waals surface area contributed by atoms with E-state index < -0.39 is 24.8 Å². The molecule has 1 unspecified atom stereocenters. The van der Waals surface area contributed by atoms with Crippen molar-refractivity contribution in [1.29, 1.82) is 0 Å². The topological polar surface area (TPSA) is 49.4 Å². The van der Waals surface area contributed by atoms with E-state index in [4.69, 9.17) is 0 Å². The van der Waals surface area contributed by atoms with Crippen molar-refractivity contribution < 1.29 is 18.4 Å². The summed E-state index contributed by atoms with van der Waals surface area (Å²) in [5.74, 6) is -0.807. The minimum absolute atomic E-state index is 0.0454. The summed E-state index contributed by atoms with van der Waals surface area (Å²) < 4.78 is 24.3. The number of amides is 2. The first kappa shape index (κ1) is 11.9. The molecule has 86 valence electrons. The van der Waals surface area contributed by atoms with Crippen LogP contribution in [0.3, 0.4) is 0 Å². The van der Waals surface area contributed by atoms with Gasteiger partial charge in [0.05, 0.1) is 6.54 Å². The number of rotatable bonds is 3. The molecule has 1 aliphatic heterocycles. The molecule has 6 heteroatoms. The van der Waals surface area contributed by atoms with E-state index in [2.05, 4.69) is 5.32 Å². The average Bonchev–Trinajstić information content (AvgIpc) is 2.09. The van der Waals surface area contributed by atoms with Crippen molar-refractivity contribution in [2.75, 3.05) is 6.54 Å². The van der Waals surface area contributed by atoms with E-state index in [0.717, 1.165) is 0 Å². The highest BCUT2D eigenvalue weighted by Gasteiger charge is 2.35. The molecule has 0 aromatic carbocycles. The summed E-state index contributed by atoms with van der Waals surface area (Å²) in [6.45, 7) is 3.45. The Bertz CT molecular complexity index is 269. The summed E-state index contributed by atoms with van der Waals surface area (Å²) in [6.07, 6.45) is -3.21. The fourth-order valence-corrected chi connectivity index (χ4v) is 1.51. The molecule has 0 aliphatic carbocycles. The molecule has 0 radical (unpaired) electrons. The van der Waals surface area contributed by atoms with Crippen LogP contribution in [0.4, 0.5) is 8.78 Å². The molecular weight excluding hydrogens is 206 g/mol. The highest BCUT2D eigenvalue weighted by Crippen LogP contribution is 2.13. The van der Waals surface area contributed by atoms with Gasteiger partial charge in [-0.2, -0.15) is 0 Å². The number of alkyl halides is 2. The van der Waals surface area contributed by atoms with Gasteiger partial charge in [-0.25, -0.2) is 8.78 Å². The Morgan fingerprint density at radius 1 is 1.47 bits per heavy atom. The van der Waals surface area contributed by atoms with Gasteiger partial charge in [0.15, 0.2) is 0 Å². The second-order valence-electron chi connectivity index (χ2n) is 3.81. The molecule has 1 rings (SSSR count). The van der Waals surface area contributed by atoms with Crippen LogP contribution in [0.5, 0.6) is 0 Å². The summed E-state index contributed by atoms with van der Waals surface area (Å²) >= 11 is 0. The van der Waals surface area contributed by atoms with E-state index in [1.54, 1.807) is 13.8 Å². The molecule has 1 heterocycles. The molecule has 0 spiro atoms. The summed E-state index contributed by atoms with van der Waals surface area (Å²) in [7, 11) is 0. The highest BCUT2D eigenvalue weighted by molar-refractivity contribution is 5.94. The zero-order valence-electron chi connectivity index (χ0n) is 8.67. The van der Waals surface area contributed by atoms with Crippen molar-refractivity contribution in [3.63, 3.8) is 0 Å². The van der Waals surface area contributed by atoms with Gasteiger partial charge in [0, 0.05) is 12.5 Å². The second kappa shape index (κ2) is 4.55. The number of carbonyl (C=O) groups is 2. The molecule has 1 fully saturated rings. The van der Waals surface area contributed by atoms with Crippen LogP contribution in [0, 0.1) is 0 Å². The van der Waals surface area contributed by atoms with Crippen molar-refractivity contribution in [1.82, 2.24) is 10.2 Å². The fraction of sp³-hybridized carbons (Fsp3) is 0.778. The summed E-state index contributed by atoms with van der Waals surface area (Å²) in [6, 6.07) is -1.22. The maximum atomic E-state index is 12.1. The van der Waals surface area contributed by atoms with Gasteiger partial charge in [-0.05, 0) is 13.8 Å². The Morgan fingerprint density at radius 2 is 2.07 bits per heavy atom. The summed E-state index contributed by atoms with van der Waals surface area (Å²) in [4.78, 5) is 24.1. The third-order valence-electron chi connectivity index (χ3n) is 2.27. The van der Waals surface area contributed by atoms with Crippen LogP contribution < -0.4 is 5.32 Å². The minimum atomic E-state index is -2.59. The van der Waals surface area contributed by atoms with E-state index in [1.165, 1.54) is 4.90 Å². The van der Waals surface area contributed by atoms with Crippen LogP contribution >= 0.6 is 0 Å². The highest BCUT2D eigenvalue weighted by atomic mass is 19.3. The van der Waals surface area contributed by atoms with Gasteiger partial charge in [-0.15, -0.1) is 0 Å². The zero-order chi connectivity index (χ0) is 11.6. The summed E-state index contributed by atoms with van der Waals surface area (Å²) in [5, 5.41) is 2.27. The second-order valence-corrected chi connectivity index (χ2v) is 3.81. The summed E-state index contributed by atoms with van der Waals surface area (Å²) in [5.41, 5.74) is 0. The van der Waals surface area contributed by atoms with Gasteiger partial charge in [0.1, 0.15) is 6.04 Å². The molecule has 2 amide bonds. The zero-order valence-corrected chi connectivity index (χ0v) is 8.67. The molecule has 4 nitrogen and oxygen atoms in total. The molecule has 0 bridgehead atoms. The minimum Gasteiger partial charge on any atom is -0.343 e. The number of nitrogens with one attached hydrogen (secondary N) is 1. The normalized spacial score (nSPS) is 22.5. The van der Waals surface area contributed by atoms with E-state index in [-0.39, 0.29) is 18.5 Å². The Balaban J connectivity index is 2.72. The lowest BCUT2D eigenvalue weighted by Gasteiger charge is -2.35. The number of piperazine rings is 1. The predicted octanol–water partition coefficient (Wildman–Crippen LogP) is 0.377. The molecule has 0 aromatic rings. The standard InChI is InChI=1S/C9H14F2N2O2/c1-5(2)13-4-8(14)12-6(9(13)15)3-7(10)11/h5-7H,3-4H2,1-2H3,(H,12,14). The van der Waals surface area contributed by atoms with Crippen molar-refractivity contribution in [2.24, 2.45) is 0 Å². The van der Waals surface area contributed by atoms with Crippen molar-refractivity contribution in [3.05, 3.63) is 0 Å². The Hall–Kier alpha value is -1.20. The monoisotopic (exact) mass is 220 g/mol. The average molecular weight is 220 g/mol. The fourth-order valence-electron chi connectivity index (χ4n) is 1.51. The third kappa shape index (κ3) is 2.87. The first-order valence-electron chi connectivity index (χ1n) is 4.79. The smallest absolute Gasteiger partial charge is 0.246 e. The van der Waals surface area contributed by atoms with Crippen LogP contribution in [0.2, 0.25) is 0 Å². The van der Waals surface area contributed by atoms with E-state index in [9.17, 15) is 18.4 Å². The Morgan fingerprint density at radius 3 is 2.53 bits per heavy atom. The lowest BCUT2D eigenvalue weighted by atomic mass is 10.1. The maximum Gasteiger partial charge on any atom is 0.246 e. The lowest BCUT2D eigenvalue weighted by Crippen LogP contribution is -2.60. The van der Waals surface area contributed by atoms with Crippen molar-refractivity contribution in [2.45, 2.75) is 38.8 Å². The number of halogens is 2. The van der Waals surface area contributed by atoms with Crippen molar-refractivity contribution >= 4 is 11.8 Å². The maximum absolute atomic E-state index is 12.1. The van der Waals surface area contributed by atoms with E-state index in [0.29, 0.717) is 0 Å². The van der Waals surface area contributed by atoms with Crippen molar-refractivity contribution in [3.8, 4) is 0 Å². The van der Waals surface area contributed by atoms with Gasteiger partial charge in [0.2, 0.25) is 18.2 Å². The van der Waals surface area contributed by atoms with E-state index in [1.807, 2.05) is 0 Å². The first-order chi connectivity index (χ1) is 6.91. The van der Waals surface area contributed by atoms with Gasteiger partial charge in [-0.3, -0.25) is 9.59 Å². The van der Waals surface area contributed by atoms with Gasteiger partial charge >= 0.3 is 0 Å². The SMILES string of the molecule is CC(C)N1CC(=O)NC(CC(F)F)C1=O. The Labute approximate surface area is 86.6 Å². The quantitative estimate of drug-likeness (QED) is 0.747. The molecule has 1 saturated heterocycles. The van der Waals surface area contributed by atoms with Crippen LogP contribution in [0.25, 0.3) is 0 Å². The molecule has 1 atom stereocenters. The largest absolute Gasteiger partial charge is 0.343 e. The van der Waals surface area contributed by atoms with Gasteiger partial charge in [-0.1, -0.05) is 0 Å². The van der Waals surface area contributed by atoms with Crippen LogP contribution in [0.15, 0.2) is 0 Å². The number of hydrogen-bond acceptors (Lipinski definition) is 2. The van der Waals surface area contributed by atoms with Crippen LogP contribution in [0.1, 0.15) is 20.3 Å². The molecule has 0 saturated carbocycles. The number of hydrogen-bond donors (Lipinski definition) is 1. The number of carbonyl (C=O) groups excluding carboxylic acids is 2. The molecule has 0 aromatic heterocycles. The molecule has 1 aliphatic rings. The van der Waals surface area contributed by atoms with Gasteiger partial charge in [0.25, 0.3) is 0 Å². The number of nitrogens with zero attached hydrogens (tertiary/aromatic N) is 1. The van der Waals surface area contributed by atoms with Crippen LogP contribution in [-0.4, -0.2) is 41.8 Å².